The van der Waals surface area contributed by atoms with E-state index in [4.69, 9.17) is 19.8 Å². The van der Waals surface area contributed by atoms with Crippen molar-refractivity contribution in [2.75, 3.05) is 19.6 Å². The number of hydrogen-bond donors (Lipinski definition) is 2. The molecule has 26 heavy (non-hydrogen) atoms. The third kappa shape index (κ3) is 3.78. The zero-order valence-corrected chi connectivity index (χ0v) is 14.1. The third-order valence-electron chi connectivity index (χ3n) is 4.68. The molecule has 2 aromatic heterocycles. The monoisotopic (exact) mass is 353 g/mol. The van der Waals surface area contributed by atoms with Crippen LogP contribution in [0, 0.1) is 0 Å². The van der Waals surface area contributed by atoms with Gasteiger partial charge in [0.15, 0.2) is 0 Å². The van der Waals surface area contributed by atoms with E-state index in [1.807, 2.05) is 24.5 Å². The van der Waals surface area contributed by atoms with Crippen LogP contribution in [0.5, 0.6) is 0 Å². The SMILES string of the molecule is C1=CC2(c3ccc(-c4ccncc4)nc3)CCN(C1)C2.O=C(O)C(=O)O. The van der Waals surface area contributed by atoms with E-state index in [2.05, 4.69) is 45.3 Å². The summed E-state index contributed by atoms with van der Waals surface area (Å²) >= 11 is 0. The first-order valence-electron chi connectivity index (χ1n) is 8.23. The number of carboxylic acids is 2. The minimum absolute atomic E-state index is 0.196. The molecule has 2 aliphatic heterocycles. The summed E-state index contributed by atoms with van der Waals surface area (Å²) in [5.41, 5.74) is 3.68. The highest BCUT2D eigenvalue weighted by atomic mass is 16.4. The van der Waals surface area contributed by atoms with Crippen molar-refractivity contribution in [2.45, 2.75) is 11.8 Å². The second-order valence-electron chi connectivity index (χ2n) is 6.32. The van der Waals surface area contributed by atoms with Gasteiger partial charge < -0.3 is 10.2 Å². The summed E-state index contributed by atoms with van der Waals surface area (Å²) in [5.74, 6) is -3.65. The van der Waals surface area contributed by atoms with Crippen LogP contribution >= 0.6 is 0 Å². The first kappa shape index (κ1) is 17.8. The Hall–Kier alpha value is -3.06. The first-order chi connectivity index (χ1) is 12.5. The molecule has 0 spiro atoms. The number of hydrogen-bond acceptors (Lipinski definition) is 5. The highest BCUT2D eigenvalue weighted by Gasteiger charge is 2.39. The molecule has 1 saturated heterocycles. The standard InChI is InChI=1S/C17H17N3.C2H2O4/c1-6-17(7-11-20(10-1)13-17)15-2-3-16(19-12-15)14-4-8-18-9-5-14;3-1(4)2(5)6/h1-6,8-9,12H,7,10-11,13H2;(H,3,4)(H,5,6). The highest BCUT2D eigenvalue weighted by Crippen LogP contribution is 2.38. The molecule has 7 nitrogen and oxygen atoms in total. The minimum atomic E-state index is -1.82. The van der Waals surface area contributed by atoms with Crippen LogP contribution in [0.15, 0.2) is 55.0 Å². The molecule has 134 valence electrons. The molecule has 2 bridgehead atoms. The molecule has 4 rings (SSSR count). The van der Waals surface area contributed by atoms with Gasteiger partial charge in [-0.1, -0.05) is 18.2 Å². The predicted molar refractivity (Wildman–Crippen MR) is 94.6 cm³/mol. The Morgan fingerprint density at radius 2 is 1.81 bits per heavy atom. The topological polar surface area (TPSA) is 104 Å². The van der Waals surface area contributed by atoms with Gasteiger partial charge in [-0.05, 0) is 36.7 Å². The maximum absolute atomic E-state index is 9.10. The molecule has 4 heterocycles. The lowest BCUT2D eigenvalue weighted by atomic mass is 9.79. The minimum Gasteiger partial charge on any atom is -0.473 e. The fourth-order valence-corrected chi connectivity index (χ4v) is 3.35. The molecule has 2 atom stereocenters. The van der Waals surface area contributed by atoms with E-state index in [1.54, 1.807) is 0 Å². The maximum Gasteiger partial charge on any atom is 0.414 e. The summed E-state index contributed by atoms with van der Waals surface area (Å²) in [6.45, 7) is 3.43. The van der Waals surface area contributed by atoms with Gasteiger partial charge in [0.1, 0.15) is 0 Å². The summed E-state index contributed by atoms with van der Waals surface area (Å²) in [7, 11) is 0. The van der Waals surface area contributed by atoms with E-state index in [-0.39, 0.29) is 5.41 Å². The zero-order valence-electron chi connectivity index (χ0n) is 14.1. The van der Waals surface area contributed by atoms with E-state index in [9.17, 15) is 0 Å². The van der Waals surface area contributed by atoms with E-state index < -0.39 is 11.9 Å². The average molecular weight is 353 g/mol. The van der Waals surface area contributed by atoms with Crippen molar-refractivity contribution in [1.82, 2.24) is 14.9 Å². The summed E-state index contributed by atoms with van der Waals surface area (Å²) in [5, 5.41) is 14.8. The van der Waals surface area contributed by atoms with Gasteiger partial charge in [0.2, 0.25) is 0 Å². The number of rotatable bonds is 2. The van der Waals surface area contributed by atoms with E-state index >= 15 is 0 Å². The fourth-order valence-electron chi connectivity index (χ4n) is 3.35. The van der Waals surface area contributed by atoms with Gasteiger partial charge >= 0.3 is 11.9 Å². The lowest BCUT2D eigenvalue weighted by Gasteiger charge is -2.29. The second kappa shape index (κ2) is 7.45. The Labute approximate surface area is 150 Å². The Bertz CT molecular complexity index is 808. The predicted octanol–water partition coefficient (Wildman–Crippen LogP) is 1.81. The van der Waals surface area contributed by atoms with Crippen molar-refractivity contribution < 1.29 is 19.8 Å². The van der Waals surface area contributed by atoms with Gasteiger partial charge in [0.25, 0.3) is 0 Å². The Balaban J connectivity index is 0.000000286. The average Bonchev–Trinajstić information content (AvgIpc) is 2.98. The number of carbonyl (C=O) groups is 2. The number of carboxylic acid groups (broad SMARTS) is 2. The number of aromatic nitrogens is 2. The van der Waals surface area contributed by atoms with E-state index in [1.165, 1.54) is 18.5 Å². The van der Waals surface area contributed by atoms with Crippen LogP contribution in [0.3, 0.4) is 0 Å². The van der Waals surface area contributed by atoms with Gasteiger partial charge in [-0.15, -0.1) is 0 Å². The molecule has 7 heteroatoms. The largest absolute Gasteiger partial charge is 0.473 e. The molecular formula is C19H19N3O4. The Morgan fingerprint density at radius 1 is 1.08 bits per heavy atom. The van der Waals surface area contributed by atoms with Gasteiger partial charge in [-0.2, -0.15) is 0 Å². The molecular weight excluding hydrogens is 334 g/mol. The normalized spacial score (nSPS) is 23.0. The molecule has 1 fully saturated rings. The second-order valence-corrected chi connectivity index (χ2v) is 6.32. The number of aliphatic carboxylic acids is 2. The van der Waals surface area contributed by atoms with Crippen molar-refractivity contribution in [3.8, 4) is 11.3 Å². The third-order valence-corrected chi connectivity index (χ3v) is 4.68. The van der Waals surface area contributed by atoms with E-state index in [0.29, 0.717) is 0 Å². The van der Waals surface area contributed by atoms with Crippen LogP contribution in [0.1, 0.15) is 12.0 Å². The molecule has 0 radical (unpaired) electrons. The molecule has 0 amide bonds. The molecule has 0 aromatic carbocycles. The lowest BCUT2D eigenvalue weighted by molar-refractivity contribution is -0.159. The van der Waals surface area contributed by atoms with Crippen molar-refractivity contribution >= 4 is 11.9 Å². The first-order valence-corrected chi connectivity index (χ1v) is 8.23. The highest BCUT2D eigenvalue weighted by molar-refractivity contribution is 6.27. The van der Waals surface area contributed by atoms with Gasteiger partial charge in [0.05, 0.1) is 5.69 Å². The molecule has 2 aliphatic rings. The van der Waals surface area contributed by atoms with Crippen molar-refractivity contribution in [3.63, 3.8) is 0 Å². The van der Waals surface area contributed by atoms with Crippen molar-refractivity contribution in [3.05, 3.63) is 60.6 Å². The molecule has 0 aliphatic carbocycles. The van der Waals surface area contributed by atoms with Crippen LogP contribution < -0.4 is 0 Å². The molecule has 2 aromatic rings. The summed E-state index contributed by atoms with van der Waals surface area (Å²) in [6.07, 6.45) is 11.6. The van der Waals surface area contributed by atoms with Crippen LogP contribution in [-0.2, 0) is 15.0 Å². The quantitative estimate of drug-likeness (QED) is 0.627. The lowest BCUT2D eigenvalue weighted by Crippen LogP contribution is -2.33. The molecule has 0 saturated carbocycles. The molecule has 2 unspecified atom stereocenters. The smallest absolute Gasteiger partial charge is 0.414 e. The van der Waals surface area contributed by atoms with Crippen LogP contribution in [-0.4, -0.2) is 56.7 Å². The van der Waals surface area contributed by atoms with Crippen LogP contribution in [0.4, 0.5) is 0 Å². The Morgan fingerprint density at radius 3 is 2.42 bits per heavy atom. The summed E-state index contributed by atoms with van der Waals surface area (Å²) < 4.78 is 0. The van der Waals surface area contributed by atoms with Crippen molar-refractivity contribution in [2.24, 2.45) is 0 Å². The van der Waals surface area contributed by atoms with Crippen LogP contribution in [0.25, 0.3) is 11.3 Å². The van der Waals surface area contributed by atoms with Crippen molar-refractivity contribution in [1.29, 1.82) is 0 Å². The Kier molecular flexibility index (Phi) is 5.09. The van der Waals surface area contributed by atoms with Gasteiger partial charge in [-0.25, -0.2) is 9.59 Å². The number of fused-ring (bicyclic) bond motifs is 2. The van der Waals surface area contributed by atoms with E-state index in [0.717, 1.165) is 24.3 Å². The summed E-state index contributed by atoms with van der Waals surface area (Å²) in [4.78, 5) is 29.4. The van der Waals surface area contributed by atoms with Gasteiger partial charge in [-0.3, -0.25) is 14.9 Å². The molecule has 2 N–H and O–H groups in total. The zero-order chi connectivity index (χ0) is 18.6. The number of nitrogens with zero attached hydrogens (tertiary/aromatic N) is 3. The number of pyridine rings is 2. The van der Waals surface area contributed by atoms with Crippen LogP contribution in [0.2, 0.25) is 0 Å². The maximum atomic E-state index is 9.10. The van der Waals surface area contributed by atoms with Gasteiger partial charge in [0, 0.05) is 42.7 Å². The summed E-state index contributed by atoms with van der Waals surface area (Å²) in [6, 6.07) is 8.36. The fraction of sp³-hybridized carbons (Fsp3) is 0.263.